The first kappa shape index (κ1) is 16.9. The average molecular weight is 293 g/mol. The van der Waals surface area contributed by atoms with E-state index in [0.29, 0.717) is 6.42 Å². The lowest BCUT2D eigenvalue weighted by Crippen LogP contribution is -2.36. The van der Waals surface area contributed by atoms with Gasteiger partial charge in [-0.15, -0.1) is 0 Å². The van der Waals surface area contributed by atoms with E-state index in [0.717, 1.165) is 16.7 Å². The van der Waals surface area contributed by atoms with Gasteiger partial charge >= 0.3 is 12.3 Å². The highest BCUT2D eigenvalue weighted by Gasteiger charge is 2.41. The van der Waals surface area contributed by atoms with E-state index in [1.54, 1.807) is 0 Å². The van der Waals surface area contributed by atoms with Gasteiger partial charge in [-0.1, -0.05) is 18.2 Å². The van der Waals surface area contributed by atoms with Gasteiger partial charge in [0.1, 0.15) is 6.61 Å². The Morgan fingerprint density at radius 1 is 1.20 bits per heavy atom. The van der Waals surface area contributed by atoms with E-state index in [1.807, 2.05) is 32.0 Å². The van der Waals surface area contributed by atoms with E-state index in [2.05, 4.69) is 4.74 Å². The Kier molecular flexibility index (Phi) is 5.95. The molecule has 1 atom stereocenters. The lowest BCUT2D eigenvalue weighted by molar-refractivity contribution is -0.166. The van der Waals surface area contributed by atoms with Crippen LogP contribution in [0, 0.1) is 13.8 Å². The summed E-state index contributed by atoms with van der Waals surface area (Å²) in [6.07, 6.45) is -3.27. The van der Waals surface area contributed by atoms with Gasteiger partial charge in [0.05, 0.1) is 6.61 Å². The molecule has 20 heavy (non-hydrogen) atoms. The molecule has 0 heterocycles. The number of rotatable bonds is 7. The first-order valence-corrected chi connectivity index (χ1v) is 6.28. The SMILES string of the molecule is Cc1cccc(C)c1CC(N)COCC(F)(F)C(F)F. The molecule has 0 spiro atoms. The van der Waals surface area contributed by atoms with Gasteiger partial charge < -0.3 is 10.5 Å². The highest BCUT2D eigenvalue weighted by Crippen LogP contribution is 2.23. The fourth-order valence-corrected chi connectivity index (χ4v) is 1.90. The molecule has 0 saturated carbocycles. The highest BCUT2D eigenvalue weighted by atomic mass is 19.3. The standard InChI is InChI=1S/C14H19F4NO/c1-9-4-3-5-10(2)12(9)6-11(19)7-20-8-14(17,18)13(15)16/h3-5,11,13H,6-8,19H2,1-2H3. The van der Waals surface area contributed by atoms with Crippen molar-refractivity contribution in [3.05, 3.63) is 34.9 Å². The molecule has 0 aromatic heterocycles. The van der Waals surface area contributed by atoms with Gasteiger partial charge in [0.15, 0.2) is 0 Å². The van der Waals surface area contributed by atoms with E-state index in [9.17, 15) is 17.6 Å². The lowest BCUT2D eigenvalue weighted by atomic mass is 9.97. The molecule has 6 heteroatoms. The molecule has 1 unspecified atom stereocenters. The van der Waals surface area contributed by atoms with Crippen LogP contribution >= 0.6 is 0 Å². The molecule has 0 aliphatic rings. The minimum absolute atomic E-state index is 0.184. The van der Waals surface area contributed by atoms with Crippen LogP contribution < -0.4 is 5.73 Å². The number of hydrogen-bond acceptors (Lipinski definition) is 2. The van der Waals surface area contributed by atoms with Crippen molar-refractivity contribution < 1.29 is 22.3 Å². The van der Waals surface area contributed by atoms with Crippen LogP contribution in [0.1, 0.15) is 16.7 Å². The van der Waals surface area contributed by atoms with E-state index in [4.69, 9.17) is 5.73 Å². The van der Waals surface area contributed by atoms with Crippen LogP contribution in [0.15, 0.2) is 18.2 Å². The van der Waals surface area contributed by atoms with Crippen LogP contribution in [0.5, 0.6) is 0 Å². The Bertz CT molecular complexity index is 417. The maximum Gasteiger partial charge on any atom is 0.330 e. The number of ether oxygens (including phenoxy) is 1. The maximum atomic E-state index is 12.6. The second-order valence-corrected chi connectivity index (χ2v) is 4.91. The molecule has 0 fully saturated rings. The topological polar surface area (TPSA) is 35.2 Å². The summed E-state index contributed by atoms with van der Waals surface area (Å²) < 4.78 is 53.7. The van der Waals surface area contributed by atoms with Crippen molar-refractivity contribution >= 4 is 0 Å². The Hall–Kier alpha value is -1.14. The molecule has 0 saturated heterocycles. The normalized spacial score (nSPS) is 13.8. The molecule has 114 valence electrons. The molecular formula is C14H19F4NO. The summed E-state index contributed by atoms with van der Waals surface area (Å²) in [7, 11) is 0. The smallest absolute Gasteiger partial charge is 0.330 e. The molecule has 0 aliphatic heterocycles. The average Bonchev–Trinajstić information content (AvgIpc) is 2.33. The van der Waals surface area contributed by atoms with Gasteiger partial charge in [-0.05, 0) is 37.0 Å². The van der Waals surface area contributed by atoms with Gasteiger partial charge in [-0.2, -0.15) is 8.78 Å². The largest absolute Gasteiger partial charge is 0.373 e. The van der Waals surface area contributed by atoms with Crippen LogP contribution in [-0.4, -0.2) is 31.6 Å². The van der Waals surface area contributed by atoms with Gasteiger partial charge in [0.2, 0.25) is 0 Å². The molecule has 1 aromatic rings. The summed E-state index contributed by atoms with van der Waals surface area (Å²) in [6, 6.07) is 5.27. The molecule has 1 rings (SSSR count). The van der Waals surface area contributed by atoms with Crippen molar-refractivity contribution in [2.75, 3.05) is 13.2 Å². The third-order valence-electron chi connectivity index (χ3n) is 3.06. The summed E-state index contributed by atoms with van der Waals surface area (Å²) in [5.41, 5.74) is 8.93. The molecule has 2 nitrogen and oxygen atoms in total. The molecule has 0 amide bonds. The Morgan fingerprint density at radius 3 is 2.25 bits per heavy atom. The van der Waals surface area contributed by atoms with Crippen LogP contribution in [0.2, 0.25) is 0 Å². The minimum atomic E-state index is -4.13. The summed E-state index contributed by atoms with van der Waals surface area (Å²) in [5.74, 6) is -4.13. The zero-order valence-corrected chi connectivity index (χ0v) is 11.5. The summed E-state index contributed by atoms with van der Waals surface area (Å²) in [4.78, 5) is 0. The third-order valence-corrected chi connectivity index (χ3v) is 3.06. The molecule has 1 aromatic carbocycles. The van der Waals surface area contributed by atoms with Crippen LogP contribution in [0.4, 0.5) is 17.6 Å². The Balaban J connectivity index is 2.47. The summed E-state index contributed by atoms with van der Waals surface area (Å²) in [6.45, 7) is 2.36. The fourth-order valence-electron chi connectivity index (χ4n) is 1.90. The zero-order valence-electron chi connectivity index (χ0n) is 11.5. The van der Waals surface area contributed by atoms with Crippen LogP contribution in [-0.2, 0) is 11.2 Å². The highest BCUT2D eigenvalue weighted by molar-refractivity contribution is 5.34. The number of aryl methyl sites for hydroxylation is 2. The van der Waals surface area contributed by atoms with Gasteiger partial charge in [-0.25, -0.2) is 8.78 Å². The predicted molar refractivity (Wildman–Crippen MR) is 69.4 cm³/mol. The zero-order chi connectivity index (χ0) is 15.3. The molecule has 0 radical (unpaired) electrons. The quantitative estimate of drug-likeness (QED) is 0.784. The van der Waals surface area contributed by atoms with E-state index >= 15 is 0 Å². The van der Waals surface area contributed by atoms with E-state index in [-0.39, 0.29) is 6.61 Å². The molecule has 2 N–H and O–H groups in total. The van der Waals surface area contributed by atoms with Gasteiger partial charge in [0, 0.05) is 6.04 Å². The minimum Gasteiger partial charge on any atom is -0.373 e. The van der Waals surface area contributed by atoms with Crippen LogP contribution in [0.3, 0.4) is 0 Å². The second-order valence-electron chi connectivity index (χ2n) is 4.91. The first-order valence-electron chi connectivity index (χ1n) is 6.28. The number of nitrogens with two attached hydrogens (primary N) is 1. The van der Waals surface area contributed by atoms with Crippen molar-refractivity contribution in [3.63, 3.8) is 0 Å². The fraction of sp³-hybridized carbons (Fsp3) is 0.571. The third kappa shape index (κ3) is 4.76. The number of benzene rings is 1. The van der Waals surface area contributed by atoms with Crippen molar-refractivity contribution in [2.45, 2.75) is 38.7 Å². The van der Waals surface area contributed by atoms with Crippen molar-refractivity contribution in [1.29, 1.82) is 0 Å². The van der Waals surface area contributed by atoms with Gasteiger partial charge in [-0.3, -0.25) is 0 Å². The summed E-state index contributed by atoms with van der Waals surface area (Å²) >= 11 is 0. The second kappa shape index (κ2) is 7.04. The van der Waals surface area contributed by atoms with Gasteiger partial charge in [0.25, 0.3) is 0 Å². The molecule has 0 bridgehead atoms. The molecular weight excluding hydrogens is 274 g/mol. The van der Waals surface area contributed by atoms with Crippen molar-refractivity contribution in [2.24, 2.45) is 5.73 Å². The van der Waals surface area contributed by atoms with E-state index < -0.39 is 25.0 Å². The first-order chi connectivity index (χ1) is 9.24. The van der Waals surface area contributed by atoms with Crippen molar-refractivity contribution in [3.8, 4) is 0 Å². The maximum absolute atomic E-state index is 12.6. The van der Waals surface area contributed by atoms with E-state index in [1.165, 1.54) is 0 Å². The Morgan fingerprint density at radius 2 is 1.75 bits per heavy atom. The Labute approximate surface area is 115 Å². The number of hydrogen-bond donors (Lipinski definition) is 1. The van der Waals surface area contributed by atoms with Crippen molar-refractivity contribution in [1.82, 2.24) is 0 Å². The van der Waals surface area contributed by atoms with Crippen LogP contribution in [0.25, 0.3) is 0 Å². The summed E-state index contributed by atoms with van der Waals surface area (Å²) in [5, 5.41) is 0. The monoisotopic (exact) mass is 293 g/mol. The lowest BCUT2D eigenvalue weighted by Gasteiger charge is -2.19. The predicted octanol–water partition coefficient (Wildman–Crippen LogP) is 3.09. The molecule has 0 aliphatic carbocycles. The number of halogens is 4. The number of alkyl halides is 4.